The van der Waals surface area contributed by atoms with Crippen LogP contribution in [0.5, 0.6) is 11.5 Å². The Kier molecular flexibility index (Phi) is 14.8. The molecule has 2 rings (SSSR count). The molecule has 1 N–H and O–H groups in total. The topological polar surface area (TPSA) is 111 Å². The van der Waals surface area contributed by atoms with Crippen molar-refractivity contribution in [3.63, 3.8) is 0 Å². The summed E-state index contributed by atoms with van der Waals surface area (Å²) < 4.78 is 37.7. The van der Waals surface area contributed by atoms with Gasteiger partial charge in [0.2, 0.25) is 0 Å². The van der Waals surface area contributed by atoms with Crippen LogP contribution >= 0.6 is 0 Å². The number of rotatable bonds is 20. The second-order valence-electron chi connectivity index (χ2n) is 6.62. The van der Waals surface area contributed by atoms with E-state index in [1.165, 1.54) is 0 Å². The molecule has 0 aliphatic carbocycles. The minimum absolute atomic E-state index is 0.0116. The third-order valence-corrected chi connectivity index (χ3v) is 4.13. The van der Waals surface area contributed by atoms with Crippen LogP contribution < -0.4 is 9.47 Å². The highest BCUT2D eigenvalue weighted by atomic mass is 16.6. The van der Waals surface area contributed by atoms with Gasteiger partial charge >= 0.3 is 0 Å². The molecule has 184 valence electrons. The fourth-order valence-corrected chi connectivity index (χ4v) is 2.57. The van der Waals surface area contributed by atoms with Crippen LogP contribution in [0.25, 0.3) is 11.4 Å². The number of methoxy groups -OCH3 is 1. The zero-order valence-electron chi connectivity index (χ0n) is 19.1. The molecular weight excluding hydrogens is 432 g/mol. The first-order valence-corrected chi connectivity index (χ1v) is 10.9. The van der Waals surface area contributed by atoms with Crippen molar-refractivity contribution in [1.29, 1.82) is 0 Å². The Morgan fingerprint density at radius 3 is 1.48 bits per heavy atom. The SMILES string of the molecule is COCCOCCOCCOc1ccnc(-c2cc(OCCOCCOCCO)ccn2)c1. The third-order valence-electron chi connectivity index (χ3n) is 4.13. The lowest BCUT2D eigenvalue weighted by atomic mass is 10.2. The normalized spacial score (nSPS) is 11.0. The summed E-state index contributed by atoms with van der Waals surface area (Å²) in [6.45, 7) is 5.11. The maximum Gasteiger partial charge on any atom is 0.123 e. The van der Waals surface area contributed by atoms with E-state index in [1.807, 2.05) is 12.1 Å². The number of hydrogen-bond acceptors (Lipinski definition) is 10. The van der Waals surface area contributed by atoms with Gasteiger partial charge in [-0.2, -0.15) is 0 Å². The van der Waals surface area contributed by atoms with E-state index >= 15 is 0 Å². The van der Waals surface area contributed by atoms with Crippen LogP contribution in [0.4, 0.5) is 0 Å². The molecule has 0 saturated carbocycles. The Hall–Kier alpha value is -2.34. The summed E-state index contributed by atoms with van der Waals surface area (Å²) in [5.74, 6) is 1.36. The Bertz CT molecular complexity index is 750. The van der Waals surface area contributed by atoms with Crippen LogP contribution in [0.2, 0.25) is 0 Å². The predicted octanol–water partition coefficient (Wildman–Crippen LogP) is 1.61. The molecule has 2 aromatic rings. The summed E-state index contributed by atoms with van der Waals surface area (Å²) in [7, 11) is 1.64. The first-order chi connectivity index (χ1) is 16.3. The summed E-state index contributed by atoms with van der Waals surface area (Å²) in [5, 5.41) is 8.63. The molecule has 0 aliphatic rings. The lowest BCUT2D eigenvalue weighted by molar-refractivity contribution is 0.0180. The molecule has 10 nitrogen and oxygen atoms in total. The van der Waals surface area contributed by atoms with Gasteiger partial charge in [0.1, 0.15) is 24.7 Å². The molecule has 2 heterocycles. The van der Waals surface area contributed by atoms with Crippen molar-refractivity contribution < 1.29 is 38.3 Å². The van der Waals surface area contributed by atoms with Crippen LogP contribution in [0.15, 0.2) is 36.7 Å². The number of aliphatic hydroxyl groups excluding tert-OH is 1. The summed E-state index contributed by atoms with van der Waals surface area (Å²) in [4.78, 5) is 8.75. The fraction of sp³-hybridized carbons (Fsp3) is 0.565. The highest BCUT2D eigenvalue weighted by molar-refractivity contribution is 5.57. The standard InChI is InChI=1S/C23H34N2O8/c1-27-8-9-29-12-13-31-15-17-33-21-3-5-25-23(19-21)22-18-20(2-4-24-22)32-16-14-30-11-10-28-7-6-26/h2-5,18-19,26H,6-17H2,1H3. The highest BCUT2D eigenvalue weighted by Gasteiger charge is 2.06. The molecule has 0 unspecified atom stereocenters. The maximum atomic E-state index is 8.63. The number of hydrogen-bond donors (Lipinski definition) is 1. The van der Waals surface area contributed by atoms with Crippen molar-refractivity contribution in [1.82, 2.24) is 9.97 Å². The van der Waals surface area contributed by atoms with Gasteiger partial charge in [-0.25, -0.2) is 0 Å². The van der Waals surface area contributed by atoms with Crippen molar-refractivity contribution in [2.75, 3.05) is 86.4 Å². The number of aromatic nitrogens is 2. The minimum Gasteiger partial charge on any atom is -0.491 e. The van der Waals surface area contributed by atoms with E-state index in [0.29, 0.717) is 95.6 Å². The average molecular weight is 467 g/mol. The van der Waals surface area contributed by atoms with Crippen molar-refractivity contribution in [2.24, 2.45) is 0 Å². The van der Waals surface area contributed by atoms with E-state index in [9.17, 15) is 0 Å². The zero-order chi connectivity index (χ0) is 23.4. The summed E-state index contributed by atoms with van der Waals surface area (Å²) in [5.41, 5.74) is 1.36. The molecular formula is C23H34N2O8. The number of nitrogens with zero attached hydrogens (tertiary/aromatic N) is 2. The molecule has 0 spiro atoms. The van der Waals surface area contributed by atoms with Crippen molar-refractivity contribution >= 4 is 0 Å². The third kappa shape index (κ3) is 12.5. The van der Waals surface area contributed by atoms with Gasteiger partial charge in [-0.05, 0) is 12.1 Å². The Labute approximate surface area is 194 Å². The van der Waals surface area contributed by atoms with E-state index in [0.717, 1.165) is 0 Å². The molecule has 0 amide bonds. The molecule has 2 aromatic heterocycles. The van der Waals surface area contributed by atoms with Crippen LogP contribution in [0.1, 0.15) is 0 Å². The van der Waals surface area contributed by atoms with Gasteiger partial charge in [-0.15, -0.1) is 0 Å². The van der Waals surface area contributed by atoms with Crippen LogP contribution in [-0.4, -0.2) is 101 Å². The number of ether oxygens (including phenoxy) is 7. The fourth-order valence-electron chi connectivity index (χ4n) is 2.57. The average Bonchev–Trinajstić information content (AvgIpc) is 2.85. The molecule has 0 fully saturated rings. The van der Waals surface area contributed by atoms with Gasteiger partial charge in [-0.3, -0.25) is 9.97 Å². The van der Waals surface area contributed by atoms with Gasteiger partial charge in [0, 0.05) is 31.6 Å². The van der Waals surface area contributed by atoms with E-state index in [-0.39, 0.29) is 6.61 Å². The van der Waals surface area contributed by atoms with Crippen molar-refractivity contribution in [3.05, 3.63) is 36.7 Å². The van der Waals surface area contributed by atoms with E-state index < -0.39 is 0 Å². The molecule has 0 aliphatic heterocycles. The van der Waals surface area contributed by atoms with Crippen LogP contribution in [0, 0.1) is 0 Å². The summed E-state index contributed by atoms with van der Waals surface area (Å²) in [6.07, 6.45) is 3.35. The first kappa shape index (κ1) is 26.9. The molecule has 0 aromatic carbocycles. The van der Waals surface area contributed by atoms with E-state index in [1.54, 1.807) is 31.6 Å². The maximum absolute atomic E-state index is 8.63. The monoisotopic (exact) mass is 466 g/mol. The largest absolute Gasteiger partial charge is 0.491 e. The van der Waals surface area contributed by atoms with E-state index in [4.69, 9.17) is 38.3 Å². The van der Waals surface area contributed by atoms with Crippen LogP contribution in [0.3, 0.4) is 0 Å². The predicted molar refractivity (Wildman–Crippen MR) is 121 cm³/mol. The van der Waals surface area contributed by atoms with Crippen molar-refractivity contribution in [2.45, 2.75) is 0 Å². The van der Waals surface area contributed by atoms with Gasteiger partial charge in [0.25, 0.3) is 0 Å². The van der Waals surface area contributed by atoms with Crippen molar-refractivity contribution in [3.8, 4) is 22.9 Å². The van der Waals surface area contributed by atoms with Crippen LogP contribution in [-0.2, 0) is 23.7 Å². The lowest BCUT2D eigenvalue weighted by Crippen LogP contribution is -2.12. The molecule has 0 atom stereocenters. The summed E-state index contributed by atoms with van der Waals surface area (Å²) in [6, 6.07) is 7.22. The molecule has 0 saturated heterocycles. The second-order valence-corrected chi connectivity index (χ2v) is 6.62. The number of aliphatic hydroxyl groups is 1. The quantitative estimate of drug-likeness (QED) is 0.289. The zero-order valence-corrected chi connectivity index (χ0v) is 19.1. The Morgan fingerprint density at radius 2 is 1.03 bits per heavy atom. The molecule has 0 bridgehead atoms. The second kappa shape index (κ2) is 18.1. The Morgan fingerprint density at radius 1 is 0.606 bits per heavy atom. The van der Waals surface area contributed by atoms with Gasteiger partial charge in [0.15, 0.2) is 0 Å². The molecule has 33 heavy (non-hydrogen) atoms. The lowest BCUT2D eigenvalue weighted by Gasteiger charge is -2.10. The van der Waals surface area contributed by atoms with Gasteiger partial charge in [0.05, 0.1) is 77.5 Å². The minimum atomic E-state index is 0.0116. The summed E-state index contributed by atoms with van der Waals surface area (Å²) >= 11 is 0. The number of pyridine rings is 2. The molecule has 0 radical (unpaired) electrons. The smallest absolute Gasteiger partial charge is 0.123 e. The Balaban J connectivity index is 1.68. The first-order valence-electron chi connectivity index (χ1n) is 10.9. The van der Waals surface area contributed by atoms with E-state index in [2.05, 4.69) is 9.97 Å². The van der Waals surface area contributed by atoms with Gasteiger partial charge in [-0.1, -0.05) is 0 Å². The molecule has 10 heteroatoms. The highest BCUT2D eigenvalue weighted by Crippen LogP contribution is 2.23. The van der Waals surface area contributed by atoms with Gasteiger partial charge < -0.3 is 38.3 Å².